The van der Waals surface area contributed by atoms with Crippen molar-refractivity contribution in [2.45, 2.75) is 38.1 Å². The molecule has 0 unspecified atom stereocenters. The molecule has 0 spiro atoms. The van der Waals surface area contributed by atoms with Crippen molar-refractivity contribution < 1.29 is 10.2 Å². The number of hydrogen-bond donors (Lipinski definition) is 3. The fourth-order valence-corrected chi connectivity index (χ4v) is 3.94. The molecule has 4 heteroatoms. The van der Waals surface area contributed by atoms with E-state index in [1.54, 1.807) is 6.07 Å². The van der Waals surface area contributed by atoms with Gasteiger partial charge in [-0.3, -0.25) is 4.90 Å². The molecule has 0 bridgehead atoms. The molecule has 0 amide bonds. The first-order valence-corrected chi connectivity index (χ1v) is 8.22. The molecule has 1 aromatic rings. The van der Waals surface area contributed by atoms with Crippen LogP contribution in [-0.2, 0) is 0 Å². The van der Waals surface area contributed by atoms with Crippen LogP contribution in [0.25, 0.3) is 0 Å². The average molecular weight is 290 g/mol. The number of benzene rings is 1. The highest BCUT2D eigenvalue weighted by molar-refractivity contribution is 5.41. The van der Waals surface area contributed by atoms with Gasteiger partial charge in [0.05, 0.1) is 0 Å². The van der Waals surface area contributed by atoms with Crippen molar-refractivity contribution in [3.63, 3.8) is 0 Å². The molecule has 0 aromatic heterocycles. The van der Waals surface area contributed by atoms with Crippen LogP contribution < -0.4 is 5.32 Å². The van der Waals surface area contributed by atoms with Crippen LogP contribution in [-0.4, -0.2) is 41.3 Å². The van der Waals surface area contributed by atoms with Crippen LogP contribution in [0, 0.1) is 5.92 Å². The minimum atomic E-state index is 0.138. The first kappa shape index (κ1) is 14.7. The van der Waals surface area contributed by atoms with Gasteiger partial charge < -0.3 is 15.5 Å². The maximum atomic E-state index is 10.3. The van der Waals surface area contributed by atoms with E-state index in [1.165, 1.54) is 38.2 Å². The quantitative estimate of drug-likeness (QED) is 0.801. The van der Waals surface area contributed by atoms with E-state index in [9.17, 15) is 10.2 Å². The second-order valence-corrected chi connectivity index (χ2v) is 6.37. The summed E-state index contributed by atoms with van der Waals surface area (Å²) in [7, 11) is 0. The summed E-state index contributed by atoms with van der Waals surface area (Å²) in [5.74, 6) is 0.996. The van der Waals surface area contributed by atoms with Crippen molar-refractivity contribution in [3.8, 4) is 11.5 Å². The molecule has 2 aliphatic rings. The van der Waals surface area contributed by atoms with Crippen molar-refractivity contribution in [1.82, 2.24) is 10.2 Å². The molecule has 3 N–H and O–H groups in total. The highest BCUT2D eigenvalue weighted by Crippen LogP contribution is 2.42. The molecule has 0 radical (unpaired) electrons. The Morgan fingerprint density at radius 2 is 1.76 bits per heavy atom. The van der Waals surface area contributed by atoms with Gasteiger partial charge in [0.25, 0.3) is 0 Å². The Bertz CT molecular complexity index is 448. The third-order valence-corrected chi connectivity index (χ3v) is 4.97. The highest BCUT2D eigenvalue weighted by Gasteiger charge is 2.32. The lowest BCUT2D eigenvalue weighted by atomic mass is 9.80. The van der Waals surface area contributed by atoms with Crippen molar-refractivity contribution >= 4 is 0 Å². The average Bonchev–Trinajstić information content (AvgIpc) is 2.52. The van der Waals surface area contributed by atoms with Crippen LogP contribution in [0.2, 0.25) is 0 Å². The molecule has 1 saturated carbocycles. The van der Waals surface area contributed by atoms with Gasteiger partial charge in [0.2, 0.25) is 0 Å². The smallest absolute Gasteiger partial charge is 0.124 e. The largest absolute Gasteiger partial charge is 0.508 e. The summed E-state index contributed by atoms with van der Waals surface area (Å²) in [6, 6.07) is 5.37. The Kier molecular flexibility index (Phi) is 4.66. The molecule has 1 aliphatic carbocycles. The Balaban J connectivity index is 1.89. The fraction of sp³-hybridized carbons (Fsp3) is 0.647. The van der Waals surface area contributed by atoms with Gasteiger partial charge in [0.1, 0.15) is 11.5 Å². The van der Waals surface area contributed by atoms with Gasteiger partial charge in [-0.15, -0.1) is 0 Å². The molecular formula is C17H26N2O2. The second kappa shape index (κ2) is 6.67. The Hall–Kier alpha value is -1.26. The summed E-state index contributed by atoms with van der Waals surface area (Å²) in [6.07, 6.45) is 6.42. The number of nitrogens with zero attached hydrogens (tertiary/aromatic N) is 1. The number of nitrogens with one attached hydrogen (secondary N) is 1. The zero-order valence-electron chi connectivity index (χ0n) is 12.6. The van der Waals surface area contributed by atoms with Gasteiger partial charge in [-0.2, -0.15) is 0 Å². The lowest BCUT2D eigenvalue weighted by Gasteiger charge is -2.41. The minimum absolute atomic E-state index is 0.138. The minimum Gasteiger partial charge on any atom is -0.508 e. The maximum Gasteiger partial charge on any atom is 0.124 e. The van der Waals surface area contributed by atoms with E-state index in [0.717, 1.165) is 31.7 Å². The van der Waals surface area contributed by atoms with E-state index in [2.05, 4.69) is 10.2 Å². The summed E-state index contributed by atoms with van der Waals surface area (Å²) in [4.78, 5) is 2.51. The highest BCUT2D eigenvalue weighted by atomic mass is 16.3. The molecule has 3 rings (SSSR count). The summed E-state index contributed by atoms with van der Waals surface area (Å²) in [5.41, 5.74) is 0.988. The van der Waals surface area contributed by atoms with E-state index in [4.69, 9.17) is 0 Å². The van der Waals surface area contributed by atoms with Gasteiger partial charge in [0, 0.05) is 43.9 Å². The van der Waals surface area contributed by atoms with E-state index < -0.39 is 0 Å². The van der Waals surface area contributed by atoms with Crippen LogP contribution in [0.5, 0.6) is 11.5 Å². The van der Waals surface area contributed by atoms with Crippen LogP contribution >= 0.6 is 0 Å². The SMILES string of the molecule is Oc1ccc([C@@H](C2CCCCC2)N2CCNCC2)c(O)c1. The van der Waals surface area contributed by atoms with Gasteiger partial charge in [-0.1, -0.05) is 25.3 Å². The number of aromatic hydroxyl groups is 2. The van der Waals surface area contributed by atoms with Gasteiger partial charge >= 0.3 is 0 Å². The van der Waals surface area contributed by atoms with Crippen LogP contribution in [0.1, 0.15) is 43.7 Å². The van der Waals surface area contributed by atoms with Gasteiger partial charge in [-0.25, -0.2) is 0 Å². The molecule has 1 atom stereocenters. The van der Waals surface area contributed by atoms with Gasteiger partial charge in [0.15, 0.2) is 0 Å². The predicted octanol–water partition coefficient (Wildman–Crippen LogP) is 2.62. The second-order valence-electron chi connectivity index (χ2n) is 6.37. The summed E-state index contributed by atoms with van der Waals surface area (Å²) in [6.45, 7) is 4.09. The van der Waals surface area contributed by atoms with E-state index in [1.807, 2.05) is 6.07 Å². The first-order chi connectivity index (χ1) is 10.3. The summed E-state index contributed by atoms with van der Waals surface area (Å²) < 4.78 is 0. The zero-order chi connectivity index (χ0) is 14.7. The molecule has 1 heterocycles. The molecule has 1 aromatic carbocycles. The van der Waals surface area contributed by atoms with E-state index in [0.29, 0.717) is 5.92 Å². The van der Waals surface area contributed by atoms with E-state index in [-0.39, 0.29) is 17.5 Å². The predicted molar refractivity (Wildman–Crippen MR) is 83.5 cm³/mol. The molecular weight excluding hydrogens is 264 g/mol. The molecule has 2 fully saturated rings. The number of hydrogen-bond acceptors (Lipinski definition) is 4. The Labute approximate surface area is 126 Å². The summed E-state index contributed by atoms with van der Waals surface area (Å²) in [5, 5.41) is 23.3. The van der Waals surface area contributed by atoms with Gasteiger partial charge in [-0.05, 0) is 24.8 Å². The number of phenols is 2. The fourth-order valence-electron chi connectivity index (χ4n) is 3.94. The molecule has 116 valence electrons. The standard InChI is InChI=1S/C17H26N2O2/c20-14-6-7-15(16(21)12-14)17(13-4-2-1-3-5-13)19-10-8-18-9-11-19/h6-7,12-13,17-18,20-21H,1-5,8-11H2/t17-/m1/s1. The first-order valence-electron chi connectivity index (χ1n) is 8.22. The number of phenolic OH excluding ortho intramolecular Hbond substituents is 2. The van der Waals surface area contributed by atoms with Crippen LogP contribution in [0.3, 0.4) is 0 Å². The topological polar surface area (TPSA) is 55.7 Å². The zero-order valence-corrected chi connectivity index (χ0v) is 12.6. The normalized spacial score (nSPS) is 23.0. The number of rotatable bonds is 3. The molecule has 1 aliphatic heterocycles. The van der Waals surface area contributed by atoms with Crippen molar-refractivity contribution in [2.24, 2.45) is 5.92 Å². The monoisotopic (exact) mass is 290 g/mol. The van der Waals surface area contributed by atoms with Crippen LogP contribution in [0.15, 0.2) is 18.2 Å². The Morgan fingerprint density at radius 3 is 2.43 bits per heavy atom. The third kappa shape index (κ3) is 3.33. The molecule has 1 saturated heterocycles. The van der Waals surface area contributed by atoms with Crippen molar-refractivity contribution in [3.05, 3.63) is 23.8 Å². The lowest BCUT2D eigenvalue weighted by molar-refractivity contribution is 0.101. The van der Waals surface area contributed by atoms with E-state index >= 15 is 0 Å². The summed E-state index contributed by atoms with van der Waals surface area (Å²) >= 11 is 0. The Morgan fingerprint density at radius 1 is 1.05 bits per heavy atom. The number of piperazine rings is 1. The molecule has 21 heavy (non-hydrogen) atoms. The lowest BCUT2D eigenvalue weighted by Crippen LogP contribution is -2.47. The maximum absolute atomic E-state index is 10.3. The van der Waals surface area contributed by atoms with Crippen molar-refractivity contribution in [2.75, 3.05) is 26.2 Å². The molecule has 4 nitrogen and oxygen atoms in total. The third-order valence-electron chi connectivity index (χ3n) is 4.97. The van der Waals surface area contributed by atoms with Crippen molar-refractivity contribution in [1.29, 1.82) is 0 Å². The van der Waals surface area contributed by atoms with Crippen LogP contribution in [0.4, 0.5) is 0 Å².